The summed E-state index contributed by atoms with van der Waals surface area (Å²) in [5.74, 6) is 0.153. The summed E-state index contributed by atoms with van der Waals surface area (Å²) in [6, 6.07) is 4.08. The molecule has 3 heteroatoms. The normalized spacial score (nSPS) is 22.5. The number of hydrogen-bond donors (Lipinski definition) is 1. The van der Waals surface area contributed by atoms with Crippen molar-refractivity contribution in [2.24, 2.45) is 0 Å². The molecule has 1 amide bonds. The van der Waals surface area contributed by atoms with Crippen LogP contribution in [0.15, 0.2) is 24.5 Å². The van der Waals surface area contributed by atoms with E-state index in [4.69, 9.17) is 0 Å². The fourth-order valence-electron chi connectivity index (χ4n) is 1.64. The Kier molecular flexibility index (Phi) is 2.25. The lowest BCUT2D eigenvalue weighted by Crippen LogP contribution is -2.32. The first kappa shape index (κ1) is 8.23. The van der Waals surface area contributed by atoms with Crippen LogP contribution in [0.2, 0.25) is 0 Å². The number of pyridine rings is 1. The zero-order chi connectivity index (χ0) is 9.10. The molecule has 13 heavy (non-hydrogen) atoms. The summed E-state index contributed by atoms with van der Waals surface area (Å²) in [7, 11) is 0. The van der Waals surface area contributed by atoms with Crippen LogP contribution in [0.1, 0.15) is 30.9 Å². The lowest BCUT2D eigenvalue weighted by molar-refractivity contribution is -0.123. The number of nitrogens with zero attached hydrogens (tertiary/aromatic N) is 1. The molecule has 0 unspecified atom stereocenters. The van der Waals surface area contributed by atoms with E-state index in [0.717, 1.165) is 18.4 Å². The molecule has 3 nitrogen and oxygen atoms in total. The third-order valence-electron chi connectivity index (χ3n) is 2.32. The second-order valence-electron chi connectivity index (χ2n) is 3.30. The number of rotatable bonds is 1. The number of amides is 1. The van der Waals surface area contributed by atoms with Crippen LogP contribution in [0, 0.1) is 0 Å². The summed E-state index contributed by atoms with van der Waals surface area (Å²) in [5.41, 5.74) is 1.11. The number of nitrogens with one attached hydrogen (secondary N) is 1. The second-order valence-corrected chi connectivity index (χ2v) is 3.30. The van der Waals surface area contributed by atoms with E-state index >= 15 is 0 Å². The second kappa shape index (κ2) is 3.56. The van der Waals surface area contributed by atoms with Crippen LogP contribution < -0.4 is 5.32 Å². The zero-order valence-electron chi connectivity index (χ0n) is 7.36. The summed E-state index contributed by atoms with van der Waals surface area (Å²) in [6.45, 7) is 0. The Bertz CT molecular complexity index is 297. The van der Waals surface area contributed by atoms with Crippen LogP contribution in [0.25, 0.3) is 0 Å². The van der Waals surface area contributed by atoms with Gasteiger partial charge < -0.3 is 5.32 Å². The average molecular weight is 176 g/mol. The highest BCUT2D eigenvalue weighted by atomic mass is 16.1. The fraction of sp³-hybridized carbons (Fsp3) is 0.400. The molecular weight excluding hydrogens is 164 g/mol. The molecule has 0 spiro atoms. The molecule has 2 heterocycles. The monoisotopic (exact) mass is 176 g/mol. The van der Waals surface area contributed by atoms with Crippen LogP contribution >= 0.6 is 0 Å². The maximum absolute atomic E-state index is 11.1. The molecule has 1 N–H and O–H groups in total. The van der Waals surface area contributed by atoms with Crippen molar-refractivity contribution in [3.8, 4) is 0 Å². The summed E-state index contributed by atoms with van der Waals surface area (Å²) in [6.07, 6.45) is 6.23. The predicted octanol–water partition coefficient (Wildman–Crippen LogP) is 1.42. The van der Waals surface area contributed by atoms with Gasteiger partial charge >= 0.3 is 0 Å². The molecule has 1 saturated heterocycles. The molecule has 0 aromatic carbocycles. The van der Waals surface area contributed by atoms with E-state index in [-0.39, 0.29) is 11.9 Å². The van der Waals surface area contributed by atoms with Crippen molar-refractivity contribution >= 4 is 5.91 Å². The van der Waals surface area contributed by atoms with Crippen molar-refractivity contribution in [1.29, 1.82) is 0 Å². The number of carbonyl (C=O) groups excluding carboxylic acids is 1. The first-order valence-corrected chi connectivity index (χ1v) is 4.55. The predicted molar refractivity (Wildman–Crippen MR) is 49.0 cm³/mol. The lowest BCUT2D eigenvalue weighted by atomic mass is 9.99. The summed E-state index contributed by atoms with van der Waals surface area (Å²) >= 11 is 0. The van der Waals surface area contributed by atoms with Crippen molar-refractivity contribution in [3.05, 3.63) is 30.1 Å². The van der Waals surface area contributed by atoms with Gasteiger partial charge in [-0.2, -0.15) is 0 Å². The Morgan fingerprint density at radius 2 is 2.46 bits per heavy atom. The highest BCUT2D eigenvalue weighted by molar-refractivity contribution is 5.77. The van der Waals surface area contributed by atoms with Crippen LogP contribution in [0.5, 0.6) is 0 Å². The topological polar surface area (TPSA) is 42.0 Å². The Labute approximate surface area is 77.2 Å². The van der Waals surface area contributed by atoms with E-state index in [1.54, 1.807) is 6.20 Å². The number of aromatic nitrogens is 1. The highest BCUT2D eigenvalue weighted by Gasteiger charge is 2.19. The van der Waals surface area contributed by atoms with Crippen molar-refractivity contribution in [3.63, 3.8) is 0 Å². The molecule has 1 aromatic heterocycles. The molecule has 0 radical (unpaired) electrons. The molecule has 0 bridgehead atoms. The van der Waals surface area contributed by atoms with E-state index in [2.05, 4.69) is 10.3 Å². The maximum Gasteiger partial charge on any atom is 0.220 e. The van der Waals surface area contributed by atoms with Gasteiger partial charge in [-0.15, -0.1) is 0 Å². The van der Waals surface area contributed by atoms with Crippen molar-refractivity contribution < 1.29 is 4.79 Å². The van der Waals surface area contributed by atoms with Gasteiger partial charge in [0.15, 0.2) is 0 Å². The molecule has 1 aromatic rings. The van der Waals surface area contributed by atoms with Gasteiger partial charge in [0.05, 0.1) is 6.04 Å². The maximum atomic E-state index is 11.1. The molecule has 2 rings (SSSR count). The first-order chi connectivity index (χ1) is 6.36. The molecule has 1 atom stereocenters. The molecule has 1 aliphatic heterocycles. The lowest BCUT2D eigenvalue weighted by Gasteiger charge is -2.22. The van der Waals surface area contributed by atoms with Crippen molar-refractivity contribution in [2.75, 3.05) is 0 Å². The van der Waals surface area contributed by atoms with Crippen LogP contribution in [0.4, 0.5) is 0 Å². The fourth-order valence-corrected chi connectivity index (χ4v) is 1.64. The average Bonchev–Trinajstić information content (AvgIpc) is 2.19. The third-order valence-corrected chi connectivity index (χ3v) is 2.32. The van der Waals surface area contributed by atoms with Gasteiger partial charge in [-0.3, -0.25) is 9.78 Å². The number of piperidine rings is 1. The van der Waals surface area contributed by atoms with E-state index < -0.39 is 0 Å². The minimum Gasteiger partial charge on any atom is -0.349 e. The van der Waals surface area contributed by atoms with Gasteiger partial charge in [0.2, 0.25) is 5.91 Å². The summed E-state index contributed by atoms with van der Waals surface area (Å²) < 4.78 is 0. The Balaban J connectivity index is 2.13. The number of hydrogen-bond acceptors (Lipinski definition) is 2. The molecule has 0 aliphatic carbocycles. The summed E-state index contributed by atoms with van der Waals surface area (Å²) in [5, 5.41) is 2.95. The van der Waals surface area contributed by atoms with Gasteiger partial charge in [0.25, 0.3) is 0 Å². The Morgan fingerprint density at radius 3 is 3.15 bits per heavy atom. The molecule has 68 valence electrons. The van der Waals surface area contributed by atoms with Crippen LogP contribution in [-0.4, -0.2) is 10.9 Å². The van der Waals surface area contributed by atoms with Gasteiger partial charge in [-0.1, -0.05) is 6.07 Å². The van der Waals surface area contributed by atoms with E-state index in [0.29, 0.717) is 6.42 Å². The van der Waals surface area contributed by atoms with Crippen LogP contribution in [0.3, 0.4) is 0 Å². The first-order valence-electron chi connectivity index (χ1n) is 4.55. The summed E-state index contributed by atoms with van der Waals surface area (Å²) in [4.78, 5) is 15.1. The highest BCUT2D eigenvalue weighted by Crippen LogP contribution is 2.21. The van der Waals surface area contributed by atoms with Gasteiger partial charge in [0, 0.05) is 18.8 Å². The number of carbonyl (C=O) groups is 1. The standard InChI is InChI=1S/C10H12N2O/c13-10-5-1-4-9(12-10)8-3-2-6-11-7-8/h2-3,6-7,9H,1,4-5H2,(H,12,13)/t9-/m1/s1. The minimum absolute atomic E-state index is 0.153. The third kappa shape index (κ3) is 1.86. The van der Waals surface area contributed by atoms with Gasteiger partial charge in [0.1, 0.15) is 0 Å². The minimum atomic E-state index is 0.153. The van der Waals surface area contributed by atoms with E-state index in [9.17, 15) is 4.79 Å². The molecule has 1 fully saturated rings. The van der Waals surface area contributed by atoms with Gasteiger partial charge in [-0.25, -0.2) is 0 Å². The van der Waals surface area contributed by atoms with E-state index in [1.165, 1.54) is 0 Å². The molecule has 0 saturated carbocycles. The quantitative estimate of drug-likeness (QED) is 0.703. The van der Waals surface area contributed by atoms with E-state index in [1.807, 2.05) is 18.3 Å². The van der Waals surface area contributed by atoms with Crippen molar-refractivity contribution in [2.45, 2.75) is 25.3 Å². The smallest absolute Gasteiger partial charge is 0.220 e. The van der Waals surface area contributed by atoms with Crippen LogP contribution in [-0.2, 0) is 4.79 Å². The largest absolute Gasteiger partial charge is 0.349 e. The molecule has 1 aliphatic rings. The Hall–Kier alpha value is -1.38. The van der Waals surface area contributed by atoms with Crippen molar-refractivity contribution in [1.82, 2.24) is 10.3 Å². The zero-order valence-corrected chi connectivity index (χ0v) is 7.36. The Morgan fingerprint density at radius 1 is 1.54 bits per heavy atom. The van der Waals surface area contributed by atoms with Gasteiger partial charge in [-0.05, 0) is 24.5 Å². The molecular formula is C10H12N2O. The SMILES string of the molecule is O=C1CCC[C@H](c2cccnc2)N1.